The van der Waals surface area contributed by atoms with Crippen LogP contribution in [0.25, 0.3) is 5.65 Å². The molecule has 0 aromatic carbocycles. The van der Waals surface area contributed by atoms with Gasteiger partial charge in [-0.15, -0.1) is 0 Å². The van der Waals surface area contributed by atoms with E-state index in [0.29, 0.717) is 17.2 Å². The Hall–Kier alpha value is -2.19. The number of nitrogen functional groups attached to an aromatic ring is 1. The third-order valence-electron chi connectivity index (χ3n) is 3.98. The highest BCUT2D eigenvalue weighted by Crippen LogP contribution is 2.39. The predicted octanol–water partition coefficient (Wildman–Crippen LogP) is 0.311. The molecular weight excluding hydrogens is 288 g/mol. The molecule has 22 heavy (non-hydrogen) atoms. The van der Waals surface area contributed by atoms with E-state index in [4.69, 9.17) is 15.2 Å². The van der Waals surface area contributed by atoms with Crippen molar-refractivity contribution in [1.82, 2.24) is 14.4 Å². The van der Waals surface area contributed by atoms with Crippen LogP contribution >= 0.6 is 0 Å². The van der Waals surface area contributed by atoms with Gasteiger partial charge >= 0.3 is 5.97 Å². The van der Waals surface area contributed by atoms with Crippen molar-refractivity contribution in [3.05, 3.63) is 24.3 Å². The lowest BCUT2D eigenvalue weighted by molar-refractivity contribution is -0.150. The summed E-state index contributed by atoms with van der Waals surface area (Å²) < 4.78 is 13.0. The van der Waals surface area contributed by atoms with Gasteiger partial charge in [0.1, 0.15) is 12.2 Å². The Balaban J connectivity index is 2.03. The van der Waals surface area contributed by atoms with Crippen LogP contribution in [0.3, 0.4) is 0 Å². The average molecular weight is 306 g/mol. The topological polar surface area (TPSA) is 112 Å². The number of carbonyl (C=O) groups is 1. The van der Waals surface area contributed by atoms with E-state index in [2.05, 4.69) is 9.97 Å². The smallest absolute Gasteiger partial charge is 0.303 e. The van der Waals surface area contributed by atoms with Crippen LogP contribution in [0.2, 0.25) is 0 Å². The maximum absolute atomic E-state index is 11.4. The van der Waals surface area contributed by atoms with Gasteiger partial charge in [0.05, 0.1) is 24.6 Å². The molecule has 2 aromatic rings. The van der Waals surface area contributed by atoms with E-state index in [9.17, 15) is 9.90 Å². The van der Waals surface area contributed by atoms with Gasteiger partial charge in [-0.25, -0.2) is 9.97 Å². The number of imidazole rings is 1. The highest BCUT2D eigenvalue weighted by atomic mass is 16.6. The standard InChI is InChI=1S/C14H18N4O4/c1-7-10(6-19)22-12(11(7)21-8(2)20)9-5-17-14-13(15)16-3-4-18(9)14/h3-5,7,10-12,19H,6H2,1-2H3,(H2,15,16)/t7-,10+,11+,12-/m0/s1. The summed E-state index contributed by atoms with van der Waals surface area (Å²) in [4.78, 5) is 19.6. The van der Waals surface area contributed by atoms with Crippen LogP contribution in [0.5, 0.6) is 0 Å². The summed E-state index contributed by atoms with van der Waals surface area (Å²) in [5.41, 5.74) is 7.03. The van der Waals surface area contributed by atoms with Crippen molar-refractivity contribution < 1.29 is 19.4 Å². The Morgan fingerprint density at radius 3 is 3.00 bits per heavy atom. The Kier molecular flexibility index (Phi) is 3.71. The number of rotatable bonds is 3. The molecule has 0 aliphatic carbocycles. The molecule has 1 fully saturated rings. The van der Waals surface area contributed by atoms with Crippen molar-refractivity contribution in [3.8, 4) is 0 Å². The van der Waals surface area contributed by atoms with Gasteiger partial charge in [-0.05, 0) is 0 Å². The highest BCUT2D eigenvalue weighted by molar-refractivity contribution is 5.66. The third-order valence-corrected chi connectivity index (χ3v) is 3.98. The quantitative estimate of drug-likeness (QED) is 0.785. The molecule has 0 unspecified atom stereocenters. The summed E-state index contributed by atoms with van der Waals surface area (Å²) >= 11 is 0. The van der Waals surface area contributed by atoms with Crippen LogP contribution < -0.4 is 5.73 Å². The maximum atomic E-state index is 11.4. The lowest BCUT2D eigenvalue weighted by Gasteiger charge is -2.20. The van der Waals surface area contributed by atoms with Crippen molar-refractivity contribution in [3.63, 3.8) is 0 Å². The van der Waals surface area contributed by atoms with Crippen molar-refractivity contribution >= 4 is 17.4 Å². The number of fused-ring (bicyclic) bond motifs is 1. The molecule has 8 nitrogen and oxygen atoms in total. The van der Waals surface area contributed by atoms with Crippen LogP contribution in [-0.4, -0.2) is 44.3 Å². The summed E-state index contributed by atoms with van der Waals surface area (Å²) in [6, 6.07) is 0. The van der Waals surface area contributed by atoms with Crippen LogP contribution in [0.4, 0.5) is 5.82 Å². The first-order chi connectivity index (χ1) is 10.5. The average Bonchev–Trinajstić information content (AvgIpc) is 3.02. The Bertz CT molecular complexity index is 701. The first-order valence-electron chi connectivity index (χ1n) is 7.04. The molecule has 1 aliphatic rings. The molecule has 4 atom stereocenters. The lowest BCUT2D eigenvalue weighted by atomic mass is 9.97. The normalized spacial score (nSPS) is 28.1. The molecule has 0 spiro atoms. The number of hydrogen-bond acceptors (Lipinski definition) is 7. The fourth-order valence-corrected chi connectivity index (χ4v) is 2.85. The summed E-state index contributed by atoms with van der Waals surface area (Å²) in [7, 11) is 0. The Morgan fingerprint density at radius 1 is 1.55 bits per heavy atom. The number of nitrogens with zero attached hydrogens (tertiary/aromatic N) is 3. The van der Waals surface area contributed by atoms with Crippen molar-refractivity contribution in [2.45, 2.75) is 32.2 Å². The maximum Gasteiger partial charge on any atom is 0.303 e. The molecule has 0 amide bonds. The minimum Gasteiger partial charge on any atom is -0.459 e. The second-order valence-electron chi connectivity index (χ2n) is 5.40. The zero-order valence-electron chi connectivity index (χ0n) is 12.3. The van der Waals surface area contributed by atoms with Crippen molar-refractivity contribution in [1.29, 1.82) is 0 Å². The van der Waals surface area contributed by atoms with Gasteiger partial charge in [0.15, 0.2) is 11.5 Å². The molecule has 1 aliphatic heterocycles. The van der Waals surface area contributed by atoms with Crippen molar-refractivity contribution in [2.75, 3.05) is 12.3 Å². The molecule has 1 saturated heterocycles. The van der Waals surface area contributed by atoms with Crippen LogP contribution in [-0.2, 0) is 14.3 Å². The Morgan fingerprint density at radius 2 is 2.32 bits per heavy atom. The predicted molar refractivity (Wildman–Crippen MR) is 76.8 cm³/mol. The second-order valence-corrected chi connectivity index (χ2v) is 5.40. The summed E-state index contributed by atoms with van der Waals surface area (Å²) in [6.07, 6.45) is 3.49. The molecule has 0 bridgehead atoms. The molecule has 0 radical (unpaired) electrons. The monoisotopic (exact) mass is 306 g/mol. The number of carbonyl (C=O) groups excluding carboxylic acids is 1. The number of aliphatic hydroxyl groups excluding tert-OH is 1. The van der Waals surface area contributed by atoms with E-state index in [1.54, 1.807) is 23.0 Å². The minimum absolute atomic E-state index is 0.136. The largest absolute Gasteiger partial charge is 0.459 e. The van der Waals surface area contributed by atoms with Crippen molar-refractivity contribution in [2.24, 2.45) is 5.92 Å². The molecule has 118 valence electrons. The molecule has 0 saturated carbocycles. The van der Waals surface area contributed by atoms with E-state index in [1.165, 1.54) is 6.92 Å². The lowest BCUT2D eigenvalue weighted by Crippen LogP contribution is -2.28. The zero-order valence-corrected chi connectivity index (χ0v) is 12.3. The highest BCUT2D eigenvalue weighted by Gasteiger charge is 2.45. The molecule has 2 aromatic heterocycles. The number of anilines is 1. The summed E-state index contributed by atoms with van der Waals surface area (Å²) in [6.45, 7) is 3.09. The van der Waals surface area contributed by atoms with Crippen LogP contribution in [0.1, 0.15) is 25.6 Å². The second kappa shape index (κ2) is 5.54. The number of ether oxygens (including phenoxy) is 2. The third kappa shape index (κ3) is 2.30. The fourth-order valence-electron chi connectivity index (χ4n) is 2.85. The molecular formula is C14H18N4O4. The van der Waals surface area contributed by atoms with Gasteiger partial charge < -0.3 is 20.3 Å². The number of esters is 1. The Labute approximate surface area is 126 Å². The number of aliphatic hydroxyl groups is 1. The van der Waals surface area contributed by atoms with E-state index in [1.807, 2.05) is 6.92 Å². The summed E-state index contributed by atoms with van der Waals surface area (Å²) in [5, 5.41) is 9.44. The summed E-state index contributed by atoms with van der Waals surface area (Å²) in [5.74, 6) is -0.217. The van der Waals surface area contributed by atoms with E-state index in [0.717, 1.165) is 0 Å². The zero-order chi connectivity index (χ0) is 15.9. The molecule has 8 heteroatoms. The minimum atomic E-state index is -0.521. The van der Waals surface area contributed by atoms with Crippen LogP contribution in [0, 0.1) is 5.92 Å². The molecule has 3 rings (SSSR count). The van der Waals surface area contributed by atoms with Gasteiger partial charge in [0.2, 0.25) is 0 Å². The van der Waals surface area contributed by atoms with E-state index >= 15 is 0 Å². The molecule has 3 heterocycles. The number of hydrogen-bond donors (Lipinski definition) is 2. The fraction of sp³-hybridized carbons (Fsp3) is 0.500. The SMILES string of the molecule is CC(=O)O[C@@H]1[C@@H](C)[C@@H](CO)O[C@H]1c1cnc2c(N)nccn12. The van der Waals surface area contributed by atoms with Gasteiger partial charge in [0.25, 0.3) is 0 Å². The van der Waals surface area contributed by atoms with Gasteiger partial charge in [-0.1, -0.05) is 6.92 Å². The molecule has 3 N–H and O–H groups in total. The van der Waals surface area contributed by atoms with Gasteiger partial charge in [-0.2, -0.15) is 0 Å². The number of aromatic nitrogens is 3. The van der Waals surface area contributed by atoms with Gasteiger partial charge in [-0.3, -0.25) is 9.20 Å². The first kappa shape index (κ1) is 14.7. The van der Waals surface area contributed by atoms with E-state index in [-0.39, 0.29) is 18.5 Å². The van der Waals surface area contributed by atoms with E-state index < -0.39 is 18.3 Å². The first-order valence-corrected chi connectivity index (χ1v) is 7.04. The van der Waals surface area contributed by atoms with Crippen LogP contribution in [0.15, 0.2) is 18.6 Å². The van der Waals surface area contributed by atoms with Gasteiger partial charge in [0, 0.05) is 25.2 Å². The number of nitrogens with two attached hydrogens (primary N) is 1.